The lowest BCUT2D eigenvalue weighted by Crippen LogP contribution is -2.26. The molecule has 20 heavy (non-hydrogen) atoms. The average molecular weight is 350 g/mol. The van der Waals surface area contributed by atoms with Gasteiger partial charge in [-0.25, -0.2) is 0 Å². The Morgan fingerprint density at radius 2 is 2.10 bits per heavy atom. The number of nitrogens with one attached hydrogen (secondary N) is 1. The Bertz CT molecular complexity index is 564. The molecule has 0 radical (unpaired) electrons. The molecule has 0 spiro atoms. The molecule has 2 aromatic rings. The monoisotopic (exact) mass is 349 g/mol. The Balaban J connectivity index is 1.50. The maximum atomic E-state index is 3.65. The first-order chi connectivity index (χ1) is 9.83. The molecular weight excluding hydrogens is 330 g/mol. The highest BCUT2D eigenvalue weighted by atomic mass is 79.9. The summed E-state index contributed by atoms with van der Waals surface area (Å²) < 4.78 is 1.23. The van der Waals surface area contributed by atoms with Crippen molar-refractivity contribution in [3.05, 3.63) is 56.2 Å². The Kier molecular flexibility index (Phi) is 4.92. The van der Waals surface area contributed by atoms with E-state index in [0.29, 0.717) is 5.92 Å². The number of rotatable bonds is 5. The van der Waals surface area contributed by atoms with Crippen molar-refractivity contribution in [2.75, 3.05) is 13.1 Å². The molecular formula is C17H20BrNS. The summed E-state index contributed by atoms with van der Waals surface area (Å²) in [5.41, 5.74) is 3.14. The van der Waals surface area contributed by atoms with Crippen LogP contribution in [0.25, 0.3) is 0 Å². The van der Waals surface area contributed by atoms with Gasteiger partial charge in [0.05, 0.1) is 3.79 Å². The molecule has 1 unspecified atom stereocenters. The van der Waals surface area contributed by atoms with Gasteiger partial charge in [-0.1, -0.05) is 24.3 Å². The molecule has 0 fully saturated rings. The van der Waals surface area contributed by atoms with Crippen molar-refractivity contribution in [3.8, 4) is 0 Å². The van der Waals surface area contributed by atoms with Crippen LogP contribution in [0, 0.1) is 0 Å². The summed E-state index contributed by atoms with van der Waals surface area (Å²) in [4.78, 5) is 1.45. The van der Waals surface area contributed by atoms with Crippen molar-refractivity contribution in [1.29, 1.82) is 0 Å². The summed E-state index contributed by atoms with van der Waals surface area (Å²) in [6.07, 6.45) is 5.05. The molecule has 1 nitrogen and oxygen atoms in total. The van der Waals surface area contributed by atoms with Crippen LogP contribution in [0.5, 0.6) is 0 Å². The number of halogens is 1. The molecule has 3 heteroatoms. The van der Waals surface area contributed by atoms with Crippen molar-refractivity contribution < 1.29 is 0 Å². The van der Waals surface area contributed by atoms with Crippen LogP contribution in [-0.2, 0) is 12.8 Å². The Hall–Kier alpha value is -0.640. The Morgan fingerprint density at radius 3 is 2.95 bits per heavy atom. The van der Waals surface area contributed by atoms with Crippen molar-refractivity contribution in [3.63, 3.8) is 0 Å². The summed E-state index contributed by atoms with van der Waals surface area (Å²) in [6, 6.07) is 13.3. The summed E-state index contributed by atoms with van der Waals surface area (Å²) in [7, 11) is 0. The van der Waals surface area contributed by atoms with E-state index in [1.807, 2.05) is 11.3 Å². The quantitative estimate of drug-likeness (QED) is 0.767. The summed E-state index contributed by atoms with van der Waals surface area (Å²) in [6.45, 7) is 2.19. The van der Waals surface area contributed by atoms with Gasteiger partial charge in [-0.3, -0.25) is 0 Å². The van der Waals surface area contributed by atoms with Gasteiger partial charge < -0.3 is 5.32 Å². The van der Waals surface area contributed by atoms with E-state index < -0.39 is 0 Å². The second-order valence-electron chi connectivity index (χ2n) is 5.45. The molecule has 0 saturated heterocycles. The minimum absolute atomic E-state index is 0.704. The average Bonchev–Trinajstić information content (AvgIpc) is 2.89. The van der Waals surface area contributed by atoms with Crippen molar-refractivity contribution >= 4 is 27.3 Å². The normalized spacial score (nSPS) is 17.9. The Labute approximate surface area is 133 Å². The third-order valence-corrected chi connectivity index (χ3v) is 5.74. The molecule has 0 amide bonds. The second kappa shape index (κ2) is 6.88. The third kappa shape index (κ3) is 3.51. The summed E-state index contributed by atoms with van der Waals surface area (Å²) in [5, 5.41) is 3.65. The minimum atomic E-state index is 0.704. The molecule has 3 rings (SSSR count). The molecule has 1 aliphatic carbocycles. The predicted molar refractivity (Wildman–Crippen MR) is 90.7 cm³/mol. The van der Waals surface area contributed by atoms with Gasteiger partial charge in [0.15, 0.2) is 0 Å². The van der Waals surface area contributed by atoms with E-state index >= 15 is 0 Å². The standard InChI is InChI=1S/C17H20BrNS/c18-17-9-8-15(20-17)10-11-19-12-14-6-3-5-13-4-1-2-7-16(13)14/h1-2,4,7-9,14,19H,3,5-6,10-12H2. The molecule has 0 saturated carbocycles. The fourth-order valence-corrected chi connectivity index (χ4v) is 4.52. The van der Waals surface area contributed by atoms with Crippen molar-refractivity contribution in [2.24, 2.45) is 0 Å². The number of thiophene rings is 1. The van der Waals surface area contributed by atoms with Crippen LogP contribution in [0.3, 0.4) is 0 Å². The lowest BCUT2D eigenvalue weighted by Gasteiger charge is -2.25. The second-order valence-corrected chi connectivity index (χ2v) is 8.00. The fraction of sp³-hybridized carbons (Fsp3) is 0.412. The molecule has 1 atom stereocenters. The Morgan fingerprint density at radius 1 is 1.20 bits per heavy atom. The van der Waals surface area contributed by atoms with Crippen LogP contribution in [0.1, 0.15) is 34.8 Å². The molecule has 1 N–H and O–H groups in total. The first kappa shape index (κ1) is 14.3. The molecule has 1 aliphatic rings. The van der Waals surface area contributed by atoms with Gasteiger partial charge in [0, 0.05) is 11.4 Å². The largest absolute Gasteiger partial charge is 0.316 e. The maximum absolute atomic E-state index is 3.65. The number of aryl methyl sites for hydroxylation is 1. The first-order valence-electron chi connectivity index (χ1n) is 7.35. The van der Waals surface area contributed by atoms with E-state index in [1.54, 1.807) is 11.1 Å². The predicted octanol–water partition coefficient (Wildman–Crippen LogP) is 4.76. The van der Waals surface area contributed by atoms with Gasteiger partial charge in [0.1, 0.15) is 0 Å². The van der Waals surface area contributed by atoms with Gasteiger partial charge in [-0.05, 0) is 77.3 Å². The van der Waals surface area contributed by atoms with E-state index in [9.17, 15) is 0 Å². The summed E-state index contributed by atoms with van der Waals surface area (Å²) >= 11 is 5.36. The van der Waals surface area contributed by atoms with Crippen LogP contribution < -0.4 is 5.32 Å². The molecule has 0 bridgehead atoms. The number of fused-ring (bicyclic) bond motifs is 1. The van der Waals surface area contributed by atoms with Crippen molar-refractivity contribution in [2.45, 2.75) is 31.6 Å². The highest BCUT2D eigenvalue weighted by Gasteiger charge is 2.18. The zero-order valence-corrected chi connectivity index (χ0v) is 14.0. The van der Waals surface area contributed by atoms with E-state index in [2.05, 4.69) is 57.6 Å². The number of hydrogen-bond donors (Lipinski definition) is 1. The minimum Gasteiger partial charge on any atom is -0.316 e. The topological polar surface area (TPSA) is 12.0 Å². The van der Waals surface area contributed by atoms with Crippen LogP contribution in [0.15, 0.2) is 40.2 Å². The van der Waals surface area contributed by atoms with Crippen LogP contribution >= 0.6 is 27.3 Å². The van der Waals surface area contributed by atoms with Crippen LogP contribution in [0.2, 0.25) is 0 Å². The maximum Gasteiger partial charge on any atom is 0.0701 e. The van der Waals surface area contributed by atoms with E-state index in [-0.39, 0.29) is 0 Å². The lowest BCUT2D eigenvalue weighted by molar-refractivity contribution is 0.509. The van der Waals surface area contributed by atoms with Gasteiger partial charge in [-0.2, -0.15) is 0 Å². The molecule has 0 aliphatic heterocycles. The van der Waals surface area contributed by atoms with Crippen LogP contribution in [-0.4, -0.2) is 13.1 Å². The summed E-state index contributed by atoms with van der Waals surface area (Å²) in [5.74, 6) is 0.704. The zero-order valence-electron chi connectivity index (χ0n) is 11.6. The van der Waals surface area contributed by atoms with E-state index in [0.717, 1.165) is 19.5 Å². The first-order valence-corrected chi connectivity index (χ1v) is 8.96. The fourth-order valence-electron chi connectivity index (χ4n) is 3.04. The third-order valence-electron chi connectivity index (χ3n) is 4.06. The van der Waals surface area contributed by atoms with Gasteiger partial charge in [0.25, 0.3) is 0 Å². The molecule has 106 valence electrons. The van der Waals surface area contributed by atoms with Gasteiger partial charge in [-0.15, -0.1) is 11.3 Å². The highest BCUT2D eigenvalue weighted by Crippen LogP contribution is 2.30. The lowest BCUT2D eigenvalue weighted by atomic mass is 9.83. The van der Waals surface area contributed by atoms with E-state index in [1.165, 1.54) is 27.9 Å². The van der Waals surface area contributed by atoms with Gasteiger partial charge in [0.2, 0.25) is 0 Å². The molecule has 1 heterocycles. The number of benzene rings is 1. The smallest absolute Gasteiger partial charge is 0.0701 e. The van der Waals surface area contributed by atoms with Crippen molar-refractivity contribution in [1.82, 2.24) is 5.32 Å². The van der Waals surface area contributed by atoms with E-state index in [4.69, 9.17) is 0 Å². The SMILES string of the molecule is Brc1ccc(CCNCC2CCCc3ccccc32)s1. The zero-order chi connectivity index (χ0) is 13.8. The molecule has 1 aromatic carbocycles. The number of hydrogen-bond acceptors (Lipinski definition) is 2. The molecule has 1 aromatic heterocycles. The highest BCUT2D eigenvalue weighted by molar-refractivity contribution is 9.11. The van der Waals surface area contributed by atoms with Gasteiger partial charge >= 0.3 is 0 Å². The van der Waals surface area contributed by atoms with Crippen LogP contribution in [0.4, 0.5) is 0 Å².